The molecule has 0 fully saturated rings. The van der Waals surface area contributed by atoms with Crippen molar-refractivity contribution in [1.29, 1.82) is 0 Å². The standard InChI is InChI=1S/C49H48BN3O/c1-46(2)29-47(3,4)35-25-33(23-24-34(35)46)53-40-27-37-36(48(5,6)30-49(37,7)8)26-39(40)50-38-21-15-16-22-41(38)54-42-28-43(51-45(53)44(42)50)52(31-17-11-9-12-18-31)32-19-13-10-14-20-32/h9-28H,29-30H2,1-8H3. The van der Waals surface area contributed by atoms with Gasteiger partial charge in [0.15, 0.2) is 0 Å². The molecule has 268 valence electrons. The number of para-hydroxylation sites is 3. The van der Waals surface area contributed by atoms with Gasteiger partial charge in [-0.1, -0.05) is 122 Å². The Bertz CT molecular complexity index is 2460. The maximum Gasteiger partial charge on any atom is 0.258 e. The molecule has 0 amide bonds. The Labute approximate surface area is 320 Å². The molecule has 10 rings (SSSR count). The van der Waals surface area contributed by atoms with Gasteiger partial charge in [0.25, 0.3) is 6.71 Å². The van der Waals surface area contributed by atoms with E-state index in [-0.39, 0.29) is 28.4 Å². The van der Waals surface area contributed by atoms with Gasteiger partial charge in [0.2, 0.25) is 0 Å². The maximum absolute atomic E-state index is 6.99. The van der Waals surface area contributed by atoms with E-state index in [1.807, 2.05) is 0 Å². The molecule has 0 saturated heterocycles. The second-order valence-corrected chi connectivity index (χ2v) is 18.7. The van der Waals surface area contributed by atoms with Crippen molar-refractivity contribution in [2.75, 3.05) is 9.80 Å². The third-order valence-corrected chi connectivity index (χ3v) is 12.9. The summed E-state index contributed by atoms with van der Waals surface area (Å²) in [5.74, 6) is 3.51. The van der Waals surface area contributed by atoms with Crippen LogP contribution in [0.4, 0.5) is 34.4 Å². The van der Waals surface area contributed by atoms with Crippen LogP contribution in [0.2, 0.25) is 0 Å². The number of benzene rings is 5. The maximum atomic E-state index is 6.99. The Morgan fingerprint density at radius 3 is 1.76 bits per heavy atom. The van der Waals surface area contributed by atoms with Gasteiger partial charge in [0.05, 0.1) is 0 Å². The molecule has 54 heavy (non-hydrogen) atoms. The number of aromatic nitrogens is 1. The molecule has 6 aromatic rings. The average molecular weight is 706 g/mol. The second kappa shape index (κ2) is 11.1. The van der Waals surface area contributed by atoms with Crippen LogP contribution in [-0.4, -0.2) is 11.7 Å². The number of nitrogens with zero attached hydrogens (tertiary/aromatic N) is 3. The van der Waals surface area contributed by atoms with Crippen LogP contribution < -0.4 is 30.9 Å². The summed E-state index contributed by atoms with van der Waals surface area (Å²) in [6, 6.07) is 44.2. The Hall–Kier alpha value is -5.29. The van der Waals surface area contributed by atoms with E-state index in [1.54, 1.807) is 0 Å². The summed E-state index contributed by atoms with van der Waals surface area (Å²) in [4.78, 5) is 10.5. The van der Waals surface area contributed by atoms with E-state index in [9.17, 15) is 0 Å². The molecule has 5 aromatic carbocycles. The summed E-state index contributed by atoms with van der Waals surface area (Å²) in [5, 5.41) is 0. The third-order valence-electron chi connectivity index (χ3n) is 12.9. The van der Waals surface area contributed by atoms with Crippen molar-refractivity contribution < 1.29 is 4.74 Å². The first-order valence-corrected chi connectivity index (χ1v) is 19.6. The number of hydrogen-bond acceptors (Lipinski definition) is 4. The molecule has 0 unspecified atom stereocenters. The van der Waals surface area contributed by atoms with Crippen molar-refractivity contribution in [2.45, 2.75) is 89.9 Å². The first kappa shape index (κ1) is 33.3. The average Bonchev–Trinajstić information content (AvgIpc) is 3.45. The lowest BCUT2D eigenvalue weighted by Crippen LogP contribution is -2.60. The van der Waals surface area contributed by atoms with Gasteiger partial charge in [-0.25, -0.2) is 4.98 Å². The first-order chi connectivity index (χ1) is 25.7. The molecule has 4 aliphatic rings. The van der Waals surface area contributed by atoms with Crippen LogP contribution >= 0.6 is 0 Å². The first-order valence-electron chi connectivity index (χ1n) is 19.6. The predicted octanol–water partition coefficient (Wildman–Crippen LogP) is 10.9. The van der Waals surface area contributed by atoms with Crippen LogP contribution in [0.1, 0.15) is 90.5 Å². The van der Waals surface area contributed by atoms with Gasteiger partial charge in [0.1, 0.15) is 23.1 Å². The van der Waals surface area contributed by atoms with Crippen molar-refractivity contribution in [1.82, 2.24) is 4.98 Å². The molecule has 5 heteroatoms. The number of rotatable bonds is 4. The fraction of sp³-hybridized carbons (Fsp3) is 0.286. The van der Waals surface area contributed by atoms with Crippen LogP contribution in [-0.2, 0) is 21.7 Å². The molecule has 0 bridgehead atoms. The van der Waals surface area contributed by atoms with Crippen LogP contribution in [0, 0.1) is 0 Å². The number of ether oxygens (including phenoxy) is 1. The van der Waals surface area contributed by atoms with Crippen molar-refractivity contribution >= 4 is 57.5 Å². The molecule has 0 radical (unpaired) electrons. The van der Waals surface area contributed by atoms with Gasteiger partial charge >= 0.3 is 0 Å². The van der Waals surface area contributed by atoms with Gasteiger partial charge in [-0.3, -0.25) is 9.80 Å². The highest BCUT2D eigenvalue weighted by molar-refractivity contribution is 6.99. The highest BCUT2D eigenvalue weighted by Crippen LogP contribution is 2.54. The Kier molecular flexibility index (Phi) is 6.86. The zero-order chi connectivity index (χ0) is 37.4. The Balaban J connectivity index is 1.30. The summed E-state index contributed by atoms with van der Waals surface area (Å²) < 4.78 is 6.99. The van der Waals surface area contributed by atoms with Crippen LogP contribution in [0.25, 0.3) is 0 Å². The Morgan fingerprint density at radius 2 is 1.11 bits per heavy atom. The minimum Gasteiger partial charge on any atom is -0.458 e. The van der Waals surface area contributed by atoms with Crippen LogP contribution in [0.3, 0.4) is 0 Å². The number of hydrogen-bond donors (Lipinski definition) is 0. The summed E-state index contributed by atoms with van der Waals surface area (Å²) in [5.41, 5.74) is 14.1. The van der Waals surface area contributed by atoms with Crippen molar-refractivity contribution in [3.05, 3.63) is 144 Å². The van der Waals surface area contributed by atoms with Gasteiger partial charge in [-0.2, -0.15) is 0 Å². The summed E-state index contributed by atoms with van der Waals surface area (Å²) in [7, 11) is 0. The molecule has 0 spiro atoms. The van der Waals surface area contributed by atoms with Crippen LogP contribution in [0.5, 0.6) is 11.5 Å². The van der Waals surface area contributed by atoms with Crippen molar-refractivity contribution in [2.24, 2.45) is 0 Å². The molecular weight excluding hydrogens is 657 g/mol. The molecule has 2 aliphatic heterocycles. The van der Waals surface area contributed by atoms with E-state index in [4.69, 9.17) is 9.72 Å². The lowest BCUT2D eigenvalue weighted by Gasteiger charge is -2.41. The topological polar surface area (TPSA) is 28.6 Å². The van der Waals surface area contributed by atoms with E-state index in [0.717, 1.165) is 58.5 Å². The zero-order valence-corrected chi connectivity index (χ0v) is 32.8. The molecular formula is C49H48BN3O. The molecule has 0 N–H and O–H groups in total. The Morgan fingerprint density at radius 1 is 0.556 bits per heavy atom. The fourth-order valence-electron chi connectivity index (χ4n) is 11.1. The summed E-state index contributed by atoms with van der Waals surface area (Å²) >= 11 is 0. The normalized spacial score (nSPS) is 18.5. The SMILES string of the molecule is CC1(C)CC(C)(C)c2cc(N3c4cc5c(cc4B4c6ccccc6Oc6cc(N(c7ccccc7)c7ccccc7)nc3c64)C(C)(C)CC5(C)C)ccc21. The molecule has 0 atom stereocenters. The fourth-order valence-corrected chi connectivity index (χ4v) is 11.1. The number of pyridine rings is 1. The van der Waals surface area contributed by atoms with Crippen molar-refractivity contribution in [3.63, 3.8) is 0 Å². The number of fused-ring (bicyclic) bond motifs is 6. The molecule has 3 heterocycles. The van der Waals surface area contributed by atoms with Crippen LogP contribution in [0.15, 0.2) is 121 Å². The van der Waals surface area contributed by atoms with Gasteiger partial charge in [-0.15, -0.1) is 0 Å². The molecule has 0 saturated carbocycles. The second-order valence-electron chi connectivity index (χ2n) is 18.7. The minimum absolute atomic E-state index is 0.0238. The zero-order valence-electron chi connectivity index (χ0n) is 32.8. The van der Waals surface area contributed by atoms with E-state index in [1.165, 1.54) is 38.9 Å². The third kappa shape index (κ3) is 4.79. The van der Waals surface area contributed by atoms with Gasteiger partial charge in [0, 0.05) is 34.3 Å². The largest absolute Gasteiger partial charge is 0.458 e. The van der Waals surface area contributed by atoms with E-state index >= 15 is 0 Å². The van der Waals surface area contributed by atoms with E-state index < -0.39 is 0 Å². The highest BCUT2D eigenvalue weighted by atomic mass is 16.5. The molecule has 4 nitrogen and oxygen atoms in total. The van der Waals surface area contributed by atoms with Gasteiger partial charge < -0.3 is 4.74 Å². The summed E-state index contributed by atoms with van der Waals surface area (Å²) in [6.45, 7) is 19.3. The highest BCUT2D eigenvalue weighted by Gasteiger charge is 2.49. The monoisotopic (exact) mass is 705 g/mol. The predicted molar refractivity (Wildman–Crippen MR) is 226 cm³/mol. The number of anilines is 6. The summed E-state index contributed by atoms with van der Waals surface area (Å²) in [6.07, 6.45) is 2.22. The lowest BCUT2D eigenvalue weighted by molar-refractivity contribution is 0.403. The molecule has 2 aliphatic carbocycles. The lowest BCUT2D eigenvalue weighted by atomic mass is 9.34. The minimum atomic E-state index is -0.0238. The van der Waals surface area contributed by atoms with E-state index in [2.05, 4.69) is 187 Å². The van der Waals surface area contributed by atoms with E-state index in [0.29, 0.717) is 0 Å². The molecule has 1 aromatic heterocycles. The smallest absolute Gasteiger partial charge is 0.258 e. The van der Waals surface area contributed by atoms with Gasteiger partial charge in [-0.05, 0) is 116 Å². The van der Waals surface area contributed by atoms with Crippen molar-refractivity contribution in [3.8, 4) is 11.5 Å². The quantitative estimate of drug-likeness (QED) is 0.171.